The molecule has 130 valence electrons. The van der Waals surface area contributed by atoms with E-state index in [0.29, 0.717) is 16.6 Å². The van der Waals surface area contributed by atoms with Crippen molar-refractivity contribution in [1.82, 2.24) is 5.32 Å². The van der Waals surface area contributed by atoms with E-state index in [2.05, 4.69) is 5.32 Å². The highest BCUT2D eigenvalue weighted by Crippen LogP contribution is 2.25. The number of benzene rings is 1. The number of likely N-dealkylation sites (N-methyl/N-ethyl adjacent to an activating group) is 1. The Morgan fingerprint density at radius 3 is 1.87 bits per heavy atom. The third-order valence-electron chi connectivity index (χ3n) is 2.53. The van der Waals surface area contributed by atoms with Crippen LogP contribution in [0.2, 0.25) is 10.0 Å². The third-order valence-corrected chi connectivity index (χ3v) is 3.27. The fraction of sp³-hybridized carbons (Fsp3) is 0.385. The molecule has 1 rings (SSSR count). The molecule has 0 aromatic heterocycles. The molecule has 0 aliphatic rings. The number of carboxylic acids is 2. The lowest BCUT2D eigenvalue weighted by atomic mass is 10.1. The summed E-state index contributed by atoms with van der Waals surface area (Å²) in [5, 5.41) is 45.9. The first-order valence-corrected chi connectivity index (χ1v) is 6.96. The fourth-order valence-electron chi connectivity index (χ4n) is 1.30. The molecule has 0 aliphatic carbocycles. The van der Waals surface area contributed by atoms with Gasteiger partial charge in [0, 0.05) is 6.54 Å². The number of aliphatic hydroxyl groups excluding tert-OH is 3. The minimum absolute atomic E-state index is 0.467. The molecule has 0 amide bonds. The highest BCUT2D eigenvalue weighted by atomic mass is 35.5. The maximum absolute atomic E-state index is 9.77. The summed E-state index contributed by atoms with van der Waals surface area (Å²) >= 11 is 11.5. The Kier molecular flexibility index (Phi) is 9.73. The number of carbonyl (C=O) groups is 2. The zero-order valence-corrected chi connectivity index (χ0v) is 13.5. The van der Waals surface area contributed by atoms with E-state index < -0.39 is 30.3 Å². The van der Waals surface area contributed by atoms with Crippen LogP contribution in [0.1, 0.15) is 11.7 Å². The average Bonchev–Trinajstić information content (AvgIpc) is 2.49. The number of hydrogen-bond donors (Lipinski definition) is 6. The van der Waals surface area contributed by atoms with E-state index in [9.17, 15) is 14.7 Å². The van der Waals surface area contributed by atoms with Gasteiger partial charge in [0.1, 0.15) is 0 Å². The largest absolute Gasteiger partial charge is 0.479 e. The zero-order chi connectivity index (χ0) is 18.2. The van der Waals surface area contributed by atoms with Gasteiger partial charge in [0.25, 0.3) is 0 Å². The van der Waals surface area contributed by atoms with E-state index in [-0.39, 0.29) is 0 Å². The first-order valence-electron chi connectivity index (χ1n) is 6.21. The number of hydrogen-bond acceptors (Lipinski definition) is 6. The Bertz CT molecular complexity index is 523. The molecule has 0 radical (unpaired) electrons. The van der Waals surface area contributed by atoms with Crippen molar-refractivity contribution in [2.45, 2.75) is 18.3 Å². The molecule has 0 spiro atoms. The van der Waals surface area contributed by atoms with Crippen LogP contribution in [0, 0.1) is 0 Å². The van der Waals surface area contributed by atoms with Crippen molar-refractivity contribution in [1.29, 1.82) is 0 Å². The van der Waals surface area contributed by atoms with Gasteiger partial charge in [0.2, 0.25) is 0 Å². The van der Waals surface area contributed by atoms with E-state index in [0.717, 1.165) is 5.56 Å². The second-order valence-electron chi connectivity index (χ2n) is 4.31. The Balaban J connectivity index is 0.000000438. The molecule has 0 aliphatic heterocycles. The van der Waals surface area contributed by atoms with E-state index in [1.165, 1.54) is 0 Å². The molecule has 1 aromatic rings. The van der Waals surface area contributed by atoms with Crippen LogP contribution in [0.25, 0.3) is 0 Å². The number of carboxylic acid groups (broad SMARTS) is 2. The van der Waals surface area contributed by atoms with Crippen LogP contribution in [0.5, 0.6) is 0 Å². The second-order valence-corrected chi connectivity index (χ2v) is 5.13. The van der Waals surface area contributed by atoms with E-state index in [1.54, 1.807) is 25.2 Å². The van der Waals surface area contributed by atoms with Gasteiger partial charge in [-0.1, -0.05) is 29.3 Å². The lowest BCUT2D eigenvalue weighted by Gasteiger charge is -2.10. The van der Waals surface area contributed by atoms with Crippen molar-refractivity contribution < 1.29 is 35.1 Å². The summed E-state index contributed by atoms with van der Waals surface area (Å²) in [5.74, 6) is -3.54. The number of aliphatic hydroxyl groups is 3. The molecule has 6 N–H and O–H groups in total. The van der Waals surface area contributed by atoms with Crippen LogP contribution < -0.4 is 5.32 Å². The van der Waals surface area contributed by atoms with Gasteiger partial charge in [-0.3, -0.25) is 0 Å². The predicted octanol–water partition coefficient (Wildman–Crippen LogP) is 0.124. The van der Waals surface area contributed by atoms with Crippen molar-refractivity contribution in [3.63, 3.8) is 0 Å². The first kappa shape index (κ1) is 21.6. The molecule has 8 nitrogen and oxygen atoms in total. The van der Waals surface area contributed by atoms with Crippen molar-refractivity contribution >= 4 is 35.1 Å². The molecule has 0 bridgehead atoms. The summed E-state index contributed by atoms with van der Waals surface area (Å²) in [6, 6.07) is 5.11. The summed E-state index contributed by atoms with van der Waals surface area (Å²) in [6.07, 6.45) is -5.07. The molecule has 23 heavy (non-hydrogen) atoms. The molecule has 1 aromatic carbocycles. The monoisotopic (exact) mass is 369 g/mol. The lowest BCUT2D eigenvalue weighted by Crippen LogP contribution is -2.39. The van der Waals surface area contributed by atoms with Gasteiger partial charge in [-0.15, -0.1) is 0 Å². The van der Waals surface area contributed by atoms with Crippen molar-refractivity contribution in [2.75, 3.05) is 13.6 Å². The van der Waals surface area contributed by atoms with Gasteiger partial charge < -0.3 is 30.8 Å². The summed E-state index contributed by atoms with van der Waals surface area (Å²) in [5.41, 5.74) is 0.767. The quantitative estimate of drug-likeness (QED) is 0.414. The number of nitrogens with one attached hydrogen (secondary N) is 1. The van der Waals surface area contributed by atoms with Gasteiger partial charge >= 0.3 is 11.9 Å². The average molecular weight is 370 g/mol. The summed E-state index contributed by atoms with van der Waals surface area (Å²) < 4.78 is 0. The number of rotatable bonds is 6. The highest BCUT2D eigenvalue weighted by Gasteiger charge is 2.29. The van der Waals surface area contributed by atoms with Gasteiger partial charge in [0.05, 0.1) is 16.1 Å². The molecular weight excluding hydrogens is 353 g/mol. The van der Waals surface area contributed by atoms with Crippen molar-refractivity contribution in [3.8, 4) is 0 Å². The van der Waals surface area contributed by atoms with Crippen molar-refractivity contribution in [3.05, 3.63) is 33.8 Å². The summed E-state index contributed by atoms with van der Waals surface area (Å²) in [4.78, 5) is 19.5. The van der Waals surface area contributed by atoms with Gasteiger partial charge in [0.15, 0.2) is 12.2 Å². The smallest absolute Gasteiger partial charge is 0.335 e. The standard InChI is InChI=1S/C9H11Cl2NO.C4H6O6/c1-12-5-9(13)6-2-3-7(10)8(11)4-6;5-1(3(7)8)2(6)4(9)10/h2-4,9,12-13H,5H2,1H3;1-2,5-6H,(H,7,8)(H,9,10). The van der Waals surface area contributed by atoms with Crippen LogP contribution in [0.15, 0.2) is 18.2 Å². The molecule has 0 saturated heterocycles. The van der Waals surface area contributed by atoms with Gasteiger partial charge in [-0.25, -0.2) is 9.59 Å². The predicted molar refractivity (Wildman–Crippen MR) is 82.6 cm³/mol. The molecule has 10 heteroatoms. The Morgan fingerprint density at radius 2 is 1.52 bits per heavy atom. The van der Waals surface area contributed by atoms with Gasteiger partial charge in [-0.2, -0.15) is 0 Å². The van der Waals surface area contributed by atoms with Crippen molar-refractivity contribution in [2.24, 2.45) is 0 Å². The highest BCUT2D eigenvalue weighted by molar-refractivity contribution is 6.42. The number of halogens is 2. The van der Waals surface area contributed by atoms with E-state index >= 15 is 0 Å². The molecular formula is C13H17Cl2NO7. The fourth-order valence-corrected chi connectivity index (χ4v) is 1.61. The maximum Gasteiger partial charge on any atom is 0.335 e. The zero-order valence-electron chi connectivity index (χ0n) is 12.0. The lowest BCUT2D eigenvalue weighted by molar-refractivity contribution is -0.165. The normalized spacial score (nSPS) is 14.2. The third kappa shape index (κ3) is 7.60. The Labute approximate surface area is 141 Å². The van der Waals surface area contributed by atoms with E-state index in [1.807, 2.05) is 0 Å². The Morgan fingerprint density at radius 1 is 1.04 bits per heavy atom. The maximum atomic E-state index is 9.77. The number of aliphatic carboxylic acids is 2. The molecule has 0 saturated carbocycles. The van der Waals surface area contributed by atoms with Crippen LogP contribution in [0.4, 0.5) is 0 Å². The first-order chi connectivity index (χ1) is 10.6. The SMILES string of the molecule is CNCC(O)c1ccc(Cl)c(Cl)c1.O=C(O)C(O)C(O)C(=O)O. The summed E-state index contributed by atoms with van der Waals surface area (Å²) in [7, 11) is 1.78. The van der Waals surface area contributed by atoms with Crippen LogP contribution >= 0.6 is 23.2 Å². The molecule has 0 heterocycles. The minimum atomic E-state index is -2.27. The molecule has 3 atom stereocenters. The van der Waals surface area contributed by atoms with Crippen LogP contribution in [0.3, 0.4) is 0 Å². The minimum Gasteiger partial charge on any atom is -0.479 e. The molecule has 3 unspecified atom stereocenters. The Hall–Kier alpha value is -1.42. The van der Waals surface area contributed by atoms with Crippen LogP contribution in [-0.2, 0) is 9.59 Å². The van der Waals surface area contributed by atoms with Crippen LogP contribution in [-0.4, -0.2) is 63.3 Å². The van der Waals surface area contributed by atoms with Gasteiger partial charge in [-0.05, 0) is 24.7 Å². The van der Waals surface area contributed by atoms with E-state index in [4.69, 9.17) is 43.6 Å². The summed E-state index contributed by atoms with van der Waals surface area (Å²) in [6.45, 7) is 0.498. The molecule has 0 fully saturated rings. The topological polar surface area (TPSA) is 147 Å². The second kappa shape index (κ2) is 10.4.